The monoisotopic (exact) mass is 245 g/mol. The highest BCUT2D eigenvalue weighted by molar-refractivity contribution is 5.81. The molecular formula is C12H27N3O2. The lowest BCUT2D eigenvalue weighted by Gasteiger charge is -2.28. The second-order valence-corrected chi connectivity index (χ2v) is 5.36. The molecule has 0 spiro atoms. The largest absolute Gasteiger partial charge is 0.387 e. The Kier molecular flexibility index (Phi) is 6.67. The molecule has 0 saturated heterocycles. The summed E-state index contributed by atoms with van der Waals surface area (Å²) in [6.07, 6.45) is 0.864. The van der Waals surface area contributed by atoms with Crippen molar-refractivity contribution in [1.29, 1.82) is 0 Å². The van der Waals surface area contributed by atoms with Gasteiger partial charge in [0.1, 0.15) is 0 Å². The van der Waals surface area contributed by atoms with Crippen LogP contribution < -0.4 is 11.1 Å². The molecule has 0 fully saturated rings. The number of carbonyl (C=O) groups excluding carboxylic acids is 1. The second-order valence-electron chi connectivity index (χ2n) is 5.36. The Balaban J connectivity index is 4.15. The van der Waals surface area contributed by atoms with Gasteiger partial charge in [0.2, 0.25) is 5.91 Å². The highest BCUT2D eigenvalue weighted by Gasteiger charge is 2.25. The van der Waals surface area contributed by atoms with Crippen LogP contribution in [0.4, 0.5) is 0 Å². The van der Waals surface area contributed by atoms with Crippen molar-refractivity contribution in [3.63, 3.8) is 0 Å². The number of nitrogens with two attached hydrogens (primary N) is 1. The molecule has 3 atom stereocenters. The van der Waals surface area contributed by atoms with E-state index in [2.05, 4.69) is 5.32 Å². The number of nitrogens with one attached hydrogen (secondary N) is 1. The quantitative estimate of drug-likeness (QED) is 0.580. The summed E-state index contributed by atoms with van der Waals surface area (Å²) in [5.74, 6) is -0.0489. The SMILES string of the molecule is CCC(C)[C@H](N)C(=O)NCC(C)(O)CN(C)C. The van der Waals surface area contributed by atoms with E-state index in [1.165, 1.54) is 0 Å². The van der Waals surface area contributed by atoms with Crippen LogP contribution in [0.5, 0.6) is 0 Å². The van der Waals surface area contributed by atoms with Crippen molar-refractivity contribution in [2.75, 3.05) is 27.2 Å². The minimum Gasteiger partial charge on any atom is -0.387 e. The lowest BCUT2D eigenvalue weighted by molar-refractivity contribution is -0.124. The van der Waals surface area contributed by atoms with Gasteiger partial charge in [0.15, 0.2) is 0 Å². The molecule has 0 aliphatic rings. The predicted octanol–water partition coefficient (Wildman–Crippen LogP) is -0.211. The van der Waals surface area contributed by atoms with E-state index in [4.69, 9.17) is 5.73 Å². The van der Waals surface area contributed by atoms with Crippen LogP contribution in [0, 0.1) is 5.92 Å². The number of carbonyl (C=O) groups is 1. The molecule has 102 valence electrons. The van der Waals surface area contributed by atoms with Gasteiger partial charge in [-0.15, -0.1) is 0 Å². The highest BCUT2D eigenvalue weighted by atomic mass is 16.3. The Labute approximate surface area is 104 Å². The summed E-state index contributed by atoms with van der Waals surface area (Å²) in [5.41, 5.74) is 4.86. The standard InChI is InChI=1S/C12H27N3O2/c1-6-9(2)10(13)11(16)14-7-12(3,17)8-15(4)5/h9-10,17H,6-8,13H2,1-5H3,(H,14,16)/t9?,10-,12?/m0/s1. The van der Waals surface area contributed by atoms with Crippen LogP contribution in [0.3, 0.4) is 0 Å². The fraction of sp³-hybridized carbons (Fsp3) is 0.917. The molecule has 0 aliphatic heterocycles. The minimum atomic E-state index is -0.936. The van der Waals surface area contributed by atoms with Crippen molar-refractivity contribution in [3.05, 3.63) is 0 Å². The third-order valence-electron chi connectivity index (χ3n) is 2.86. The van der Waals surface area contributed by atoms with E-state index in [9.17, 15) is 9.90 Å². The Morgan fingerprint density at radius 1 is 1.53 bits per heavy atom. The van der Waals surface area contributed by atoms with E-state index in [1.807, 2.05) is 32.8 Å². The number of nitrogens with zero attached hydrogens (tertiary/aromatic N) is 1. The molecule has 17 heavy (non-hydrogen) atoms. The lowest BCUT2D eigenvalue weighted by atomic mass is 9.99. The first kappa shape index (κ1) is 16.4. The average molecular weight is 245 g/mol. The smallest absolute Gasteiger partial charge is 0.237 e. The van der Waals surface area contributed by atoms with E-state index >= 15 is 0 Å². The number of aliphatic hydroxyl groups is 1. The summed E-state index contributed by atoms with van der Waals surface area (Å²) < 4.78 is 0. The molecule has 0 radical (unpaired) electrons. The summed E-state index contributed by atoms with van der Waals surface area (Å²) in [4.78, 5) is 13.6. The molecule has 5 nitrogen and oxygen atoms in total. The molecule has 5 heteroatoms. The first-order valence-corrected chi connectivity index (χ1v) is 6.10. The Hall–Kier alpha value is -0.650. The second kappa shape index (κ2) is 6.93. The maximum atomic E-state index is 11.7. The van der Waals surface area contributed by atoms with Crippen molar-refractivity contribution in [1.82, 2.24) is 10.2 Å². The number of amides is 1. The zero-order valence-electron chi connectivity index (χ0n) is 11.7. The van der Waals surface area contributed by atoms with Crippen molar-refractivity contribution < 1.29 is 9.90 Å². The fourth-order valence-electron chi connectivity index (χ4n) is 1.64. The molecule has 0 saturated carbocycles. The van der Waals surface area contributed by atoms with Gasteiger partial charge in [0, 0.05) is 13.1 Å². The van der Waals surface area contributed by atoms with Crippen molar-refractivity contribution in [2.24, 2.45) is 11.7 Å². The van der Waals surface area contributed by atoms with E-state index in [-0.39, 0.29) is 18.4 Å². The topological polar surface area (TPSA) is 78.6 Å². The Bertz CT molecular complexity index is 242. The molecule has 0 bridgehead atoms. The number of hydrogen-bond donors (Lipinski definition) is 3. The maximum absolute atomic E-state index is 11.7. The van der Waals surface area contributed by atoms with Crippen LogP contribution in [-0.2, 0) is 4.79 Å². The van der Waals surface area contributed by atoms with Crippen LogP contribution in [0.15, 0.2) is 0 Å². The zero-order valence-corrected chi connectivity index (χ0v) is 11.7. The van der Waals surface area contributed by atoms with Crippen molar-refractivity contribution in [3.8, 4) is 0 Å². The zero-order chi connectivity index (χ0) is 13.6. The number of likely N-dealkylation sites (N-methyl/N-ethyl adjacent to an activating group) is 1. The third kappa shape index (κ3) is 6.61. The van der Waals surface area contributed by atoms with Gasteiger partial charge in [-0.3, -0.25) is 4.79 Å². The summed E-state index contributed by atoms with van der Waals surface area (Å²) >= 11 is 0. The van der Waals surface area contributed by atoms with Crippen LogP contribution in [-0.4, -0.2) is 54.7 Å². The molecule has 0 rings (SSSR count). The summed E-state index contributed by atoms with van der Waals surface area (Å²) in [6.45, 7) is 6.35. The lowest BCUT2D eigenvalue weighted by Crippen LogP contribution is -2.52. The molecule has 0 aromatic carbocycles. The van der Waals surface area contributed by atoms with E-state index in [0.717, 1.165) is 6.42 Å². The van der Waals surface area contributed by atoms with E-state index in [1.54, 1.807) is 6.92 Å². The molecule has 2 unspecified atom stereocenters. The van der Waals surface area contributed by atoms with Crippen LogP contribution in [0.1, 0.15) is 27.2 Å². The first-order chi connectivity index (χ1) is 7.69. The maximum Gasteiger partial charge on any atom is 0.237 e. The minimum absolute atomic E-state index is 0.147. The van der Waals surface area contributed by atoms with Crippen LogP contribution in [0.25, 0.3) is 0 Å². The van der Waals surface area contributed by atoms with Gasteiger partial charge in [0.25, 0.3) is 0 Å². The Morgan fingerprint density at radius 2 is 2.06 bits per heavy atom. The van der Waals surface area contributed by atoms with Crippen molar-refractivity contribution in [2.45, 2.75) is 38.8 Å². The van der Waals surface area contributed by atoms with E-state index in [0.29, 0.717) is 6.54 Å². The molecule has 1 amide bonds. The number of rotatable bonds is 7. The summed E-state index contributed by atoms with van der Waals surface area (Å²) in [6, 6.07) is -0.504. The predicted molar refractivity (Wildman–Crippen MR) is 69.6 cm³/mol. The highest BCUT2D eigenvalue weighted by Crippen LogP contribution is 2.06. The van der Waals surface area contributed by atoms with Gasteiger partial charge in [-0.2, -0.15) is 0 Å². The van der Waals surface area contributed by atoms with E-state index < -0.39 is 11.6 Å². The van der Waals surface area contributed by atoms with Crippen LogP contribution in [0.2, 0.25) is 0 Å². The van der Waals surface area contributed by atoms with Crippen LogP contribution >= 0.6 is 0 Å². The fourth-order valence-corrected chi connectivity index (χ4v) is 1.64. The molecular weight excluding hydrogens is 218 g/mol. The average Bonchev–Trinajstić information content (AvgIpc) is 2.22. The first-order valence-electron chi connectivity index (χ1n) is 6.10. The van der Waals surface area contributed by atoms with Gasteiger partial charge >= 0.3 is 0 Å². The Morgan fingerprint density at radius 3 is 2.47 bits per heavy atom. The molecule has 0 aromatic rings. The van der Waals surface area contributed by atoms with Gasteiger partial charge in [0.05, 0.1) is 11.6 Å². The molecule has 0 aromatic heterocycles. The summed E-state index contributed by atoms with van der Waals surface area (Å²) in [5, 5.41) is 12.7. The summed E-state index contributed by atoms with van der Waals surface area (Å²) in [7, 11) is 3.75. The molecule has 0 aliphatic carbocycles. The van der Waals surface area contributed by atoms with Crippen molar-refractivity contribution >= 4 is 5.91 Å². The van der Waals surface area contributed by atoms with Gasteiger partial charge in [-0.1, -0.05) is 20.3 Å². The normalized spacial score (nSPS) is 18.6. The number of hydrogen-bond acceptors (Lipinski definition) is 4. The molecule has 0 heterocycles. The third-order valence-corrected chi connectivity index (χ3v) is 2.86. The molecule has 4 N–H and O–H groups in total. The van der Waals surface area contributed by atoms with Gasteiger partial charge in [-0.25, -0.2) is 0 Å². The van der Waals surface area contributed by atoms with Gasteiger partial charge < -0.3 is 21.1 Å². The van der Waals surface area contributed by atoms with Gasteiger partial charge in [-0.05, 0) is 26.9 Å².